The molecule has 0 unspecified atom stereocenters. The summed E-state index contributed by atoms with van der Waals surface area (Å²) in [6.07, 6.45) is 0. The van der Waals surface area contributed by atoms with Crippen LogP contribution >= 0.6 is 11.6 Å². The largest absolute Gasteiger partial charge is 0.490 e. The summed E-state index contributed by atoms with van der Waals surface area (Å²) in [6.45, 7) is 13.6. The first-order chi connectivity index (χ1) is 9.31. The quantitative estimate of drug-likeness (QED) is 0.822. The highest BCUT2D eigenvalue weighted by Gasteiger charge is 2.11. The maximum Gasteiger partial charge on any atom is 0.161 e. The molecule has 0 amide bonds. The normalized spacial score (nSPS) is 11.2. The Kier molecular flexibility index (Phi) is 6.37. The summed E-state index contributed by atoms with van der Waals surface area (Å²) in [5.41, 5.74) is 1.23. The number of ether oxygens (including phenoxy) is 2. The van der Waals surface area contributed by atoms with Crippen molar-refractivity contribution < 1.29 is 9.47 Å². The number of rotatable bonds is 7. The molecule has 1 rings (SSSR count). The fourth-order valence-corrected chi connectivity index (χ4v) is 1.63. The van der Waals surface area contributed by atoms with Gasteiger partial charge in [-0.3, -0.25) is 0 Å². The van der Waals surface area contributed by atoms with Gasteiger partial charge in [-0.2, -0.15) is 0 Å². The van der Waals surface area contributed by atoms with Crippen molar-refractivity contribution in [2.75, 3.05) is 13.2 Å². The third-order valence-corrected chi connectivity index (χ3v) is 2.62. The Balaban J connectivity index is 2.80. The van der Waals surface area contributed by atoms with Crippen molar-refractivity contribution in [1.82, 2.24) is 5.32 Å². The fourth-order valence-electron chi connectivity index (χ4n) is 1.57. The SMILES string of the molecule is C=C(Cl)COc1ccc(CNC(C)(C)C)cc1OCC. The van der Waals surface area contributed by atoms with E-state index < -0.39 is 0 Å². The van der Waals surface area contributed by atoms with Crippen molar-refractivity contribution in [2.45, 2.75) is 39.8 Å². The van der Waals surface area contributed by atoms with Crippen LogP contribution in [0.3, 0.4) is 0 Å². The molecule has 0 atom stereocenters. The third kappa shape index (κ3) is 6.31. The Hall–Kier alpha value is -1.19. The Morgan fingerprint density at radius 2 is 1.95 bits per heavy atom. The van der Waals surface area contributed by atoms with Crippen molar-refractivity contribution >= 4 is 11.6 Å². The molecule has 4 heteroatoms. The van der Waals surface area contributed by atoms with E-state index in [1.807, 2.05) is 25.1 Å². The van der Waals surface area contributed by atoms with E-state index in [1.54, 1.807) is 0 Å². The van der Waals surface area contributed by atoms with Gasteiger partial charge in [0, 0.05) is 17.1 Å². The smallest absolute Gasteiger partial charge is 0.161 e. The Bertz CT molecular complexity index is 452. The van der Waals surface area contributed by atoms with Crippen LogP contribution in [0.15, 0.2) is 29.8 Å². The summed E-state index contributed by atoms with van der Waals surface area (Å²) in [5.74, 6) is 1.42. The highest BCUT2D eigenvalue weighted by atomic mass is 35.5. The minimum absolute atomic E-state index is 0.0807. The van der Waals surface area contributed by atoms with Gasteiger partial charge in [-0.1, -0.05) is 24.2 Å². The Labute approximate surface area is 126 Å². The number of nitrogens with one attached hydrogen (secondary N) is 1. The van der Waals surface area contributed by atoms with Crippen molar-refractivity contribution in [3.8, 4) is 11.5 Å². The van der Waals surface area contributed by atoms with Crippen LogP contribution in [0.1, 0.15) is 33.3 Å². The fraction of sp³-hybridized carbons (Fsp3) is 0.500. The zero-order valence-corrected chi connectivity index (χ0v) is 13.5. The predicted molar refractivity (Wildman–Crippen MR) is 84.7 cm³/mol. The predicted octanol–water partition coefficient (Wildman–Crippen LogP) is 4.10. The summed E-state index contributed by atoms with van der Waals surface area (Å²) in [6, 6.07) is 5.92. The van der Waals surface area contributed by atoms with Gasteiger partial charge in [0.2, 0.25) is 0 Å². The zero-order valence-electron chi connectivity index (χ0n) is 12.8. The standard InChI is InChI=1S/C16H24ClNO2/c1-6-19-15-9-13(10-18-16(3,4)5)7-8-14(15)20-11-12(2)17/h7-9,18H,2,6,10-11H2,1,3-5H3. The summed E-state index contributed by atoms with van der Waals surface area (Å²) >= 11 is 5.72. The van der Waals surface area contributed by atoms with Gasteiger partial charge in [0.15, 0.2) is 11.5 Å². The Morgan fingerprint density at radius 1 is 1.25 bits per heavy atom. The molecule has 1 aromatic rings. The van der Waals surface area contributed by atoms with Crippen LogP contribution in [0.2, 0.25) is 0 Å². The van der Waals surface area contributed by atoms with Gasteiger partial charge in [0.1, 0.15) is 6.61 Å². The molecule has 112 valence electrons. The topological polar surface area (TPSA) is 30.5 Å². The van der Waals surface area contributed by atoms with Crippen molar-refractivity contribution in [3.05, 3.63) is 35.4 Å². The second-order valence-corrected chi connectivity index (χ2v) is 6.16. The maximum atomic E-state index is 5.72. The molecule has 0 spiro atoms. The molecule has 1 N–H and O–H groups in total. The number of hydrogen-bond donors (Lipinski definition) is 1. The van der Waals surface area contributed by atoms with E-state index in [1.165, 1.54) is 0 Å². The monoisotopic (exact) mass is 297 g/mol. The lowest BCUT2D eigenvalue weighted by atomic mass is 10.1. The van der Waals surface area contributed by atoms with Gasteiger partial charge in [-0.25, -0.2) is 0 Å². The summed E-state index contributed by atoms with van der Waals surface area (Å²) in [7, 11) is 0. The molecule has 0 saturated carbocycles. The second kappa shape index (κ2) is 7.55. The van der Waals surface area contributed by atoms with Gasteiger partial charge in [-0.05, 0) is 45.4 Å². The molecule has 0 radical (unpaired) electrons. The maximum absolute atomic E-state index is 5.72. The van der Waals surface area contributed by atoms with Gasteiger partial charge in [-0.15, -0.1) is 0 Å². The molecule has 0 heterocycles. The molecular weight excluding hydrogens is 274 g/mol. The van der Waals surface area contributed by atoms with Crippen LogP contribution < -0.4 is 14.8 Å². The lowest BCUT2D eigenvalue weighted by molar-refractivity contribution is 0.295. The van der Waals surface area contributed by atoms with E-state index >= 15 is 0 Å². The van der Waals surface area contributed by atoms with Gasteiger partial charge >= 0.3 is 0 Å². The molecule has 0 saturated heterocycles. The third-order valence-electron chi connectivity index (χ3n) is 2.52. The van der Waals surface area contributed by atoms with Gasteiger partial charge in [0.05, 0.1) is 6.61 Å². The van der Waals surface area contributed by atoms with E-state index in [0.29, 0.717) is 17.4 Å². The molecule has 3 nitrogen and oxygen atoms in total. The van der Waals surface area contributed by atoms with Gasteiger partial charge in [0.25, 0.3) is 0 Å². The van der Waals surface area contributed by atoms with Crippen LogP contribution in [-0.2, 0) is 6.54 Å². The van der Waals surface area contributed by atoms with E-state index in [-0.39, 0.29) is 12.1 Å². The summed E-state index contributed by atoms with van der Waals surface area (Å²) in [4.78, 5) is 0. The van der Waals surface area contributed by atoms with Crippen molar-refractivity contribution in [1.29, 1.82) is 0 Å². The lowest BCUT2D eigenvalue weighted by Crippen LogP contribution is -2.35. The van der Waals surface area contributed by atoms with E-state index in [9.17, 15) is 0 Å². The summed E-state index contributed by atoms with van der Waals surface area (Å²) < 4.78 is 11.2. The average Bonchev–Trinajstić information content (AvgIpc) is 2.34. The summed E-state index contributed by atoms with van der Waals surface area (Å²) in [5, 5.41) is 3.91. The number of hydrogen-bond acceptors (Lipinski definition) is 3. The second-order valence-electron chi connectivity index (χ2n) is 5.62. The molecule has 0 bridgehead atoms. The highest BCUT2D eigenvalue weighted by Crippen LogP contribution is 2.29. The van der Waals surface area contributed by atoms with Crippen LogP contribution in [0.25, 0.3) is 0 Å². The zero-order chi connectivity index (χ0) is 15.2. The minimum atomic E-state index is 0.0807. The molecule has 1 aromatic carbocycles. The van der Waals surface area contributed by atoms with E-state index in [2.05, 4.69) is 32.7 Å². The Morgan fingerprint density at radius 3 is 2.50 bits per heavy atom. The molecule has 0 aliphatic rings. The molecule has 20 heavy (non-hydrogen) atoms. The first kappa shape index (κ1) is 16.9. The first-order valence-corrected chi connectivity index (χ1v) is 7.16. The highest BCUT2D eigenvalue weighted by molar-refractivity contribution is 6.29. The average molecular weight is 298 g/mol. The molecule has 0 aliphatic heterocycles. The molecule has 0 fully saturated rings. The van der Waals surface area contributed by atoms with Crippen molar-refractivity contribution in [3.63, 3.8) is 0 Å². The lowest BCUT2D eigenvalue weighted by Gasteiger charge is -2.21. The molecule has 0 aromatic heterocycles. The van der Waals surface area contributed by atoms with Crippen LogP contribution in [0.5, 0.6) is 11.5 Å². The van der Waals surface area contributed by atoms with Crippen LogP contribution in [0.4, 0.5) is 0 Å². The minimum Gasteiger partial charge on any atom is -0.490 e. The van der Waals surface area contributed by atoms with Crippen LogP contribution in [-0.4, -0.2) is 18.8 Å². The number of benzene rings is 1. The van der Waals surface area contributed by atoms with Gasteiger partial charge < -0.3 is 14.8 Å². The first-order valence-electron chi connectivity index (χ1n) is 6.78. The van der Waals surface area contributed by atoms with E-state index in [4.69, 9.17) is 21.1 Å². The molecule has 0 aliphatic carbocycles. The van der Waals surface area contributed by atoms with Crippen LogP contribution in [0, 0.1) is 0 Å². The number of halogens is 1. The van der Waals surface area contributed by atoms with Crippen molar-refractivity contribution in [2.24, 2.45) is 0 Å². The molecular formula is C16H24ClNO2. The van der Waals surface area contributed by atoms with E-state index in [0.717, 1.165) is 17.9 Å².